The molecule has 4 rings (SSSR count). The summed E-state index contributed by atoms with van der Waals surface area (Å²) < 4.78 is 5.21. The molecule has 0 atom stereocenters. The first-order valence-corrected chi connectivity index (χ1v) is 9.61. The summed E-state index contributed by atoms with van der Waals surface area (Å²) >= 11 is 0. The van der Waals surface area contributed by atoms with Crippen LogP contribution in [-0.2, 0) is 6.54 Å². The number of amides is 2. The molecule has 5 heteroatoms. The zero-order chi connectivity index (χ0) is 19.3. The smallest absolute Gasteiger partial charge is 0.321 e. The van der Waals surface area contributed by atoms with E-state index in [0.29, 0.717) is 0 Å². The Morgan fingerprint density at radius 1 is 0.929 bits per heavy atom. The van der Waals surface area contributed by atoms with Crippen LogP contribution in [-0.4, -0.2) is 49.1 Å². The quantitative estimate of drug-likeness (QED) is 0.743. The first kappa shape index (κ1) is 18.3. The molecule has 0 unspecified atom stereocenters. The van der Waals surface area contributed by atoms with Crippen molar-refractivity contribution in [2.24, 2.45) is 0 Å². The maximum Gasteiger partial charge on any atom is 0.321 e. The Morgan fingerprint density at radius 3 is 2.36 bits per heavy atom. The van der Waals surface area contributed by atoms with Crippen LogP contribution in [0.25, 0.3) is 10.8 Å². The van der Waals surface area contributed by atoms with E-state index in [1.54, 1.807) is 7.11 Å². The Morgan fingerprint density at radius 2 is 1.64 bits per heavy atom. The number of fused-ring (bicyclic) bond motifs is 1. The summed E-state index contributed by atoms with van der Waals surface area (Å²) in [5, 5.41) is 5.34. The van der Waals surface area contributed by atoms with Gasteiger partial charge in [-0.1, -0.05) is 42.5 Å². The Balaban J connectivity index is 1.30. The van der Waals surface area contributed by atoms with Gasteiger partial charge in [-0.15, -0.1) is 0 Å². The Bertz CT molecular complexity index is 947. The average Bonchev–Trinajstić information content (AvgIpc) is 2.75. The molecule has 3 aromatic carbocycles. The van der Waals surface area contributed by atoms with Gasteiger partial charge >= 0.3 is 6.03 Å². The molecule has 1 N–H and O–H groups in total. The summed E-state index contributed by atoms with van der Waals surface area (Å²) in [5.41, 5.74) is 2.10. The fraction of sp³-hybridized carbons (Fsp3) is 0.261. The molecule has 0 spiro atoms. The number of methoxy groups -OCH3 is 1. The van der Waals surface area contributed by atoms with Gasteiger partial charge in [-0.3, -0.25) is 4.90 Å². The van der Waals surface area contributed by atoms with Crippen LogP contribution in [0.5, 0.6) is 5.75 Å². The van der Waals surface area contributed by atoms with E-state index in [9.17, 15) is 4.79 Å². The van der Waals surface area contributed by atoms with Crippen LogP contribution in [0.3, 0.4) is 0 Å². The molecule has 28 heavy (non-hydrogen) atoms. The molecule has 1 saturated heterocycles. The van der Waals surface area contributed by atoms with E-state index >= 15 is 0 Å². The van der Waals surface area contributed by atoms with Crippen LogP contribution in [0.1, 0.15) is 5.56 Å². The summed E-state index contributed by atoms with van der Waals surface area (Å²) in [6.45, 7) is 4.10. The van der Waals surface area contributed by atoms with E-state index in [2.05, 4.69) is 34.5 Å². The van der Waals surface area contributed by atoms with E-state index in [-0.39, 0.29) is 6.03 Å². The minimum atomic E-state index is -0.0284. The SMILES string of the molecule is COc1ccc(CN2CCN(C(=O)Nc3ccc4ccccc4c3)CC2)cc1. The normalized spacial score (nSPS) is 14.8. The van der Waals surface area contributed by atoms with Gasteiger partial charge in [-0.25, -0.2) is 4.79 Å². The van der Waals surface area contributed by atoms with Gasteiger partial charge in [0.2, 0.25) is 0 Å². The van der Waals surface area contributed by atoms with Crippen molar-refractivity contribution in [1.82, 2.24) is 9.80 Å². The monoisotopic (exact) mass is 375 g/mol. The lowest BCUT2D eigenvalue weighted by Crippen LogP contribution is -2.49. The van der Waals surface area contributed by atoms with Crippen LogP contribution >= 0.6 is 0 Å². The molecular formula is C23H25N3O2. The van der Waals surface area contributed by atoms with Crippen molar-refractivity contribution in [1.29, 1.82) is 0 Å². The van der Waals surface area contributed by atoms with Gasteiger partial charge in [-0.2, -0.15) is 0 Å². The van der Waals surface area contributed by atoms with Gasteiger partial charge in [0.25, 0.3) is 0 Å². The Kier molecular flexibility index (Phi) is 5.44. The summed E-state index contributed by atoms with van der Waals surface area (Å²) in [5.74, 6) is 0.874. The first-order chi connectivity index (χ1) is 13.7. The minimum absolute atomic E-state index is 0.0284. The number of carbonyl (C=O) groups is 1. The third kappa shape index (κ3) is 4.26. The topological polar surface area (TPSA) is 44.8 Å². The van der Waals surface area contributed by atoms with Crippen LogP contribution in [0, 0.1) is 0 Å². The zero-order valence-corrected chi connectivity index (χ0v) is 16.1. The number of rotatable bonds is 4. The molecule has 0 saturated carbocycles. The van der Waals surface area contributed by atoms with Crippen molar-refractivity contribution in [2.45, 2.75) is 6.54 Å². The molecule has 3 aromatic rings. The maximum atomic E-state index is 12.6. The lowest BCUT2D eigenvalue weighted by molar-refractivity contribution is 0.143. The number of hydrogen-bond donors (Lipinski definition) is 1. The summed E-state index contributed by atoms with van der Waals surface area (Å²) in [4.78, 5) is 16.9. The zero-order valence-electron chi connectivity index (χ0n) is 16.1. The predicted molar refractivity (Wildman–Crippen MR) is 113 cm³/mol. The lowest BCUT2D eigenvalue weighted by atomic mass is 10.1. The molecule has 1 aliphatic rings. The lowest BCUT2D eigenvalue weighted by Gasteiger charge is -2.34. The highest BCUT2D eigenvalue weighted by atomic mass is 16.5. The highest BCUT2D eigenvalue weighted by molar-refractivity contribution is 5.93. The second kappa shape index (κ2) is 8.31. The van der Waals surface area contributed by atoms with Crippen molar-refractivity contribution in [3.05, 3.63) is 72.3 Å². The van der Waals surface area contributed by atoms with Crippen molar-refractivity contribution in [2.75, 3.05) is 38.6 Å². The molecule has 0 aliphatic carbocycles. The van der Waals surface area contributed by atoms with Crippen molar-refractivity contribution >= 4 is 22.5 Å². The standard InChI is InChI=1S/C23H25N3O2/c1-28-22-10-6-18(7-11-22)17-25-12-14-26(15-13-25)23(27)24-21-9-8-19-4-2-3-5-20(19)16-21/h2-11,16H,12-15,17H2,1H3,(H,24,27). The summed E-state index contributed by atoms with van der Waals surface area (Å²) in [6, 6.07) is 22.3. The van der Waals surface area contributed by atoms with Gasteiger partial charge in [-0.05, 0) is 40.6 Å². The molecule has 1 fully saturated rings. The fourth-order valence-electron chi connectivity index (χ4n) is 3.57. The van der Waals surface area contributed by atoms with Gasteiger partial charge in [0.15, 0.2) is 0 Å². The van der Waals surface area contributed by atoms with E-state index < -0.39 is 0 Å². The first-order valence-electron chi connectivity index (χ1n) is 9.61. The third-order valence-corrected chi connectivity index (χ3v) is 5.23. The number of hydrogen-bond acceptors (Lipinski definition) is 3. The molecule has 0 bridgehead atoms. The number of nitrogens with zero attached hydrogens (tertiary/aromatic N) is 2. The fourth-order valence-corrected chi connectivity index (χ4v) is 3.57. The van der Waals surface area contributed by atoms with Crippen LogP contribution < -0.4 is 10.1 Å². The molecule has 144 valence electrons. The highest BCUT2D eigenvalue weighted by Crippen LogP contribution is 2.20. The van der Waals surface area contributed by atoms with Gasteiger partial charge in [0, 0.05) is 38.4 Å². The van der Waals surface area contributed by atoms with Gasteiger partial charge < -0.3 is 15.0 Å². The number of benzene rings is 3. The number of ether oxygens (including phenoxy) is 1. The number of piperazine rings is 1. The Hall–Kier alpha value is -3.05. The molecule has 0 radical (unpaired) electrons. The van der Waals surface area contributed by atoms with Crippen molar-refractivity contribution in [3.8, 4) is 5.75 Å². The van der Waals surface area contributed by atoms with Crippen LogP contribution in [0.4, 0.5) is 10.5 Å². The number of urea groups is 1. The number of carbonyl (C=O) groups excluding carboxylic acids is 1. The van der Waals surface area contributed by atoms with Crippen LogP contribution in [0.2, 0.25) is 0 Å². The molecule has 2 amide bonds. The van der Waals surface area contributed by atoms with E-state index in [1.807, 2.05) is 47.4 Å². The number of nitrogens with one attached hydrogen (secondary N) is 1. The molecule has 5 nitrogen and oxygen atoms in total. The van der Waals surface area contributed by atoms with E-state index in [0.717, 1.165) is 49.5 Å². The highest BCUT2D eigenvalue weighted by Gasteiger charge is 2.21. The maximum absolute atomic E-state index is 12.6. The van der Waals surface area contributed by atoms with E-state index in [4.69, 9.17) is 4.74 Å². The number of anilines is 1. The van der Waals surface area contributed by atoms with Gasteiger partial charge in [0.1, 0.15) is 5.75 Å². The Labute approximate surface area is 165 Å². The summed E-state index contributed by atoms with van der Waals surface area (Å²) in [6.07, 6.45) is 0. The van der Waals surface area contributed by atoms with Crippen molar-refractivity contribution in [3.63, 3.8) is 0 Å². The molecule has 1 heterocycles. The molecule has 1 aliphatic heterocycles. The largest absolute Gasteiger partial charge is 0.497 e. The van der Waals surface area contributed by atoms with Crippen LogP contribution in [0.15, 0.2) is 66.7 Å². The molecular weight excluding hydrogens is 350 g/mol. The van der Waals surface area contributed by atoms with E-state index in [1.165, 1.54) is 10.9 Å². The second-order valence-corrected chi connectivity index (χ2v) is 7.10. The second-order valence-electron chi connectivity index (χ2n) is 7.10. The minimum Gasteiger partial charge on any atom is -0.497 e. The predicted octanol–water partition coefficient (Wildman–Crippen LogP) is 4.20. The summed E-state index contributed by atoms with van der Waals surface area (Å²) in [7, 11) is 1.68. The van der Waals surface area contributed by atoms with Gasteiger partial charge in [0.05, 0.1) is 7.11 Å². The van der Waals surface area contributed by atoms with Crippen molar-refractivity contribution < 1.29 is 9.53 Å². The third-order valence-electron chi connectivity index (χ3n) is 5.23. The molecule has 0 aromatic heterocycles. The average molecular weight is 375 g/mol.